The normalized spacial score (nSPS) is 21.3. The summed E-state index contributed by atoms with van der Waals surface area (Å²) in [5.41, 5.74) is 5.37. The Morgan fingerprint density at radius 1 is 1.03 bits per heavy atom. The van der Waals surface area contributed by atoms with Gasteiger partial charge < -0.3 is 29.4 Å². The summed E-state index contributed by atoms with van der Waals surface area (Å²) in [6.45, 7) is 8.81. The van der Waals surface area contributed by atoms with E-state index in [1.165, 1.54) is 29.0 Å². The third-order valence-electron chi connectivity index (χ3n) is 13.5. The summed E-state index contributed by atoms with van der Waals surface area (Å²) in [7, 11) is -2.95. The standard InChI is InChI=1S/C48H54ClN7O8S/c1-48(2)16-14-33(40(26-48)30-4-8-34(49)9-5-30)28-54-18-20-55(21-19-54)35-10-13-39(43(23-35)64-37-22-32-15-17-50-46(32)51-27-37)47(57)53-65(60,61)38-24-42(56(58)59)45-44(25-38)63-29-41(52-45)31-6-11-36(62-3)12-7-31/h4-5,8-10,13,15,17,22-25,27,31,36,41,52H,6-7,11-12,14,16,18-21,26,28-29H2,1-3H3,(H,50,51)(H,53,57)/t31?,36?,41-/m1/s1. The number of methoxy groups -OCH3 is 1. The molecular weight excluding hydrogens is 870 g/mol. The van der Waals surface area contributed by atoms with Crippen LogP contribution in [0.5, 0.6) is 17.2 Å². The second-order valence-electron chi connectivity index (χ2n) is 18.4. The quantitative estimate of drug-likeness (QED) is 0.0799. The molecule has 1 amide bonds. The molecule has 15 nitrogen and oxygen atoms in total. The Balaban J connectivity index is 0.938. The molecule has 0 unspecified atom stereocenters. The van der Waals surface area contributed by atoms with E-state index < -0.39 is 31.4 Å². The maximum absolute atomic E-state index is 14.1. The van der Waals surface area contributed by atoms with E-state index in [1.54, 1.807) is 37.6 Å². The molecule has 2 fully saturated rings. The van der Waals surface area contributed by atoms with Crippen LogP contribution in [0.25, 0.3) is 16.6 Å². The number of halogens is 1. The molecule has 4 heterocycles. The number of amides is 1. The van der Waals surface area contributed by atoms with Crippen molar-refractivity contribution in [1.82, 2.24) is 19.6 Å². The summed E-state index contributed by atoms with van der Waals surface area (Å²) >= 11 is 6.25. The van der Waals surface area contributed by atoms with Crippen LogP contribution in [0.3, 0.4) is 0 Å². The number of hydrogen-bond donors (Lipinski definition) is 3. The highest BCUT2D eigenvalue weighted by molar-refractivity contribution is 7.90. The maximum atomic E-state index is 14.1. The van der Waals surface area contributed by atoms with E-state index in [4.69, 9.17) is 25.8 Å². The van der Waals surface area contributed by atoms with E-state index >= 15 is 0 Å². The fraction of sp³-hybridized carbons (Fsp3) is 0.417. The van der Waals surface area contributed by atoms with Crippen LogP contribution >= 0.6 is 11.6 Å². The summed E-state index contributed by atoms with van der Waals surface area (Å²) in [5.74, 6) is -0.283. The molecule has 2 aliphatic heterocycles. The van der Waals surface area contributed by atoms with Gasteiger partial charge in [-0.2, -0.15) is 0 Å². The van der Waals surface area contributed by atoms with Gasteiger partial charge in [-0.15, -0.1) is 0 Å². The Hall–Kier alpha value is -5.68. The van der Waals surface area contributed by atoms with Gasteiger partial charge >= 0.3 is 0 Å². The van der Waals surface area contributed by atoms with Crippen molar-refractivity contribution in [1.29, 1.82) is 0 Å². The summed E-state index contributed by atoms with van der Waals surface area (Å²) < 4.78 is 47.9. The molecule has 3 N–H and O–H groups in total. The number of fused-ring (bicyclic) bond motifs is 2. The third-order valence-corrected chi connectivity index (χ3v) is 15.1. The number of sulfonamides is 1. The topological polar surface area (TPSA) is 181 Å². The van der Waals surface area contributed by atoms with Crippen molar-refractivity contribution in [2.24, 2.45) is 11.3 Å². The molecule has 0 bridgehead atoms. The van der Waals surface area contributed by atoms with E-state index in [9.17, 15) is 23.3 Å². The predicted octanol–water partition coefficient (Wildman–Crippen LogP) is 9.20. The zero-order valence-corrected chi connectivity index (χ0v) is 38.3. The molecule has 342 valence electrons. The third kappa shape index (κ3) is 9.81. The van der Waals surface area contributed by atoms with Gasteiger partial charge in [-0.3, -0.25) is 19.8 Å². The van der Waals surface area contributed by atoms with Crippen molar-refractivity contribution >= 4 is 61.2 Å². The minimum absolute atomic E-state index is 0.0244. The summed E-state index contributed by atoms with van der Waals surface area (Å²) in [6, 6.07) is 18.8. The molecule has 0 spiro atoms. The van der Waals surface area contributed by atoms with Crippen LogP contribution in [0.2, 0.25) is 5.02 Å². The highest BCUT2D eigenvalue weighted by Gasteiger charge is 2.36. The van der Waals surface area contributed by atoms with Crippen LogP contribution in [0, 0.1) is 21.4 Å². The lowest BCUT2D eigenvalue weighted by molar-refractivity contribution is -0.384. The van der Waals surface area contributed by atoms with Gasteiger partial charge in [0.1, 0.15) is 23.8 Å². The number of H-pyrrole nitrogens is 1. The van der Waals surface area contributed by atoms with Crippen molar-refractivity contribution in [3.63, 3.8) is 0 Å². The first kappa shape index (κ1) is 44.5. The average molecular weight is 925 g/mol. The molecule has 1 saturated carbocycles. The summed E-state index contributed by atoms with van der Waals surface area (Å²) in [4.78, 5) is 37.5. The van der Waals surface area contributed by atoms with Gasteiger partial charge in [0.25, 0.3) is 21.6 Å². The number of rotatable bonds is 12. The Kier molecular flexibility index (Phi) is 12.5. The highest BCUT2D eigenvalue weighted by atomic mass is 35.5. The van der Waals surface area contributed by atoms with Crippen LogP contribution in [0.1, 0.15) is 74.7 Å². The number of aromatic amines is 1. The number of nitro groups is 1. The Morgan fingerprint density at radius 3 is 2.54 bits per heavy atom. The highest BCUT2D eigenvalue weighted by Crippen LogP contribution is 2.45. The molecule has 2 aliphatic carbocycles. The molecule has 3 aromatic carbocycles. The van der Waals surface area contributed by atoms with Gasteiger partial charge in [-0.05, 0) is 104 Å². The Labute approximate surface area is 383 Å². The van der Waals surface area contributed by atoms with E-state index in [0.29, 0.717) is 11.4 Å². The Morgan fingerprint density at radius 2 is 1.80 bits per heavy atom. The maximum Gasteiger partial charge on any atom is 0.297 e. The number of aromatic nitrogens is 2. The fourth-order valence-corrected chi connectivity index (χ4v) is 10.9. The van der Waals surface area contributed by atoms with E-state index in [2.05, 4.69) is 55.8 Å². The number of carbonyl (C=O) groups excluding carboxylic acids is 1. The first-order valence-electron chi connectivity index (χ1n) is 22.2. The predicted molar refractivity (Wildman–Crippen MR) is 251 cm³/mol. The number of nitro benzene ring substituents is 1. The minimum Gasteiger partial charge on any atom is -0.489 e. The van der Waals surface area contributed by atoms with Crippen molar-refractivity contribution in [3.05, 3.63) is 111 Å². The van der Waals surface area contributed by atoms with Crippen LogP contribution in [0.15, 0.2) is 89.6 Å². The zero-order chi connectivity index (χ0) is 45.5. The molecule has 9 rings (SSSR count). The number of anilines is 2. The summed E-state index contributed by atoms with van der Waals surface area (Å²) in [6.07, 6.45) is 10.1. The molecule has 65 heavy (non-hydrogen) atoms. The summed E-state index contributed by atoms with van der Waals surface area (Å²) in [5, 5.41) is 17.2. The number of hydrogen-bond acceptors (Lipinski definition) is 12. The van der Waals surface area contributed by atoms with E-state index in [1.807, 2.05) is 18.2 Å². The van der Waals surface area contributed by atoms with E-state index in [-0.39, 0.29) is 52.8 Å². The van der Waals surface area contributed by atoms with Gasteiger partial charge in [0.15, 0.2) is 11.4 Å². The molecule has 0 radical (unpaired) electrons. The molecule has 17 heteroatoms. The first-order valence-corrected chi connectivity index (χ1v) is 24.1. The average Bonchev–Trinajstić information content (AvgIpc) is 3.77. The van der Waals surface area contributed by atoms with Gasteiger partial charge in [0, 0.05) is 80.3 Å². The fourth-order valence-electron chi connectivity index (χ4n) is 9.74. The minimum atomic E-state index is -4.65. The number of carbonyl (C=O) groups is 1. The number of pyridine rings is 1. The lowest BCUT2D eigenvalue weighted by Gasteiger charge is -2.39. The van der Waals surface area contributed by atoms with E-state index in [0.717, 1.165) is 99.8 Å². The molecule has 5 aromatic rings. The molecular formula is C48H54ClN7O8S. The molecule has 1 saturated heterocycles. The first-order chi connectivity index (χ1) is 31.2. The van der Waals surface area contributed by atoms with Crippen LogP contribution in [-0.2, 0) is 14.8 Å². The van der Waals surface area contributed by atoms with Crippen LogP contribution in [-0.4, -0.2) is 92.7 Å². The monoisotopic (exact) mass is 923 g/mol. The number of nitrogens with zero attached hydrogens (tertiary/aromatic N) is 4. The van der Waals surface area contributed by atoms with Crippen molar-refractivity contribution in [2.45, 2.75) is 75.8 Å². The van der Waals surface area contributed by atoms with Gasteiger partial charge in [0.2, 0.25) is 0 Å². The number of benzene rings is 3. The van der Waals surface area contributed by atoms with Crippen LogP contribution < -0.4 is 24.4 Å². The Bertz CT molecular complexity index is 2740. The number of nitrogens with one attached hydrogen (secondary N) is 3. The smallest absolute Gasteiger partial charge is 0.297 e. The number of piperazine rings is 1. The second kappa shape index (κ2) is 18.3. The zero-order valence-electron chi connectivity index (χ0n) is 36.8. The van der Waals surface area contributed by atoms with Crippen molar-refractivity contribution in [3.8, 4) is 17.2 Å². The number of allylic oxidation sites excluding steroid dienone is 1. The largest absolute Gasteiger partial charge is 0.489 e. The van der Waals surface area contributed by atoms with Gasteiger partial charge in [-0.25, -0.2) is 18.1 Å². The lowest BCUT2D eigenvalue weighted by Crippen LogP contribution is -2.47. The second-order valence-corrected chi connectivity index (χ2v) is 20.5. The number of ether oxygens (including phenoxy) is 3. The van der Waals surface area contributed by atoms with Crippen molar-refractivity contribution in [2.75, 3.05) is 56.7 Å². The van der Waals surface area contributed by atoms with Gasteiger partial charge in [0.05, 0.1) is 33.7 Å². The lowest BCUT2D eigenvalue weighted by atomic mass is 9.72. The van der Waals surface area contributed by atoms with Gasteiger partial charge in [-0.1, -0.05) is 43.2 Å². The molecule has 4 aliphatic rings. The van der Waals surface area contributed by atoms with Crippen LogP contribution in [0.4, 0.5) is 17.1 Å². The molecule has 1 atom stereocenters. The molecule has 2 aromatic heterocycles. The SMILES string of the molecule is COC1CCC([C@H]2COc3cc(S(=O)(=O)NC(=O)c4ccc(N5CCN(CC6=C(c7ccc(Cl)cc7)CC(C)(C)CC6)CC5)cc4Oc4cnc5[nH]ccc5c4)cc([N+](=O)[O-])c3N2)CC1. The van der Waals surface area contributed by atoms with Crippen molar-refractivity contribution < 1.29 is 32.3 Å².